The predicted molar refractivity (Wildman–Crippen MR) is 125 cm³/mol. The molecule has 1 heterocycles. The normalized spacial score (nSPS) is 15.9. The van der Waals surface area contributed by atoms with Crippen LogP contribution < -0.4 is 9.75 Å². The van der Waals surface area contributed by atoms with E-state index in [4.69, 9.17) is 4.74 Å². The van der Waals surface area contributed by atoms with E-state index in [2.05, 4.69) is 5.10 Å². The van der Waals surface area contributed by atoms with E-state index in [1.54, 1.807) is 24.3 Å². The zero-order chi connectivity index (χ0) is 25.3. The monoisotopic (exact) mass is 474 g/mol. The number of Topliss-reactive ketones (excluding diaryl/α,β-unsaturated/α-hetero) is 1. The van der Waals surface area contributed by atoms with Crippen molar-refractivity contribution in [2.24, 2.45) is 10.5 Å². The molecule has 0 aliphatic carbocycles. The molecule has 2 aromatic rings. The highest BCUT2D eigenvalue weighted by Gasteiger charge is 2.49. The van der Waals surface area contributed by atoms with Crippen molar-refractivity contribution in [3.05, 3.63) is 59.7 Å². The van der Waals surface area contributed by atoms with E-state index in [9.17, 15) is 22.8 Å². The number of halogens is 3. The molecule has 1 amide bonds. The molecule has 0 atom stereocenters. The fraction of sp³-hybridized carbons (Fsp3) is 0.423. The third-order valence-corrected chi connectivity index (χ3v) is 5.93. The summed E-state index contributed by atoms with van der Waals surface area (Å²) in [5, 5.41) is 6.06. The van der Waals surface area contributed by atoms with Gasteiger partial charge in [-0.1, -0.05) is 29.8 Å². The number of rotatable bonds is 8. The highest BCUT2D eigenvalue weighted by atomic mass is 19.4. The SMILES string of the molecule is Cc1ccc(N2N=C(CCCc3ccc(OC(C)(C)C(=O)C(F)(F)F)cc3)C(C)(C)C2=O)cc1. The van der Waals surface area contributed by atoms with Crippen LogP contribution in [0, 0.1) is 12.3 Å². The van der Waals surface area contributed by atoms with E-state index in [1.165, 1.54) is 5.01 Å². The number of nitrogens with zero attached hydrogens (tertiary/aromatic N) is 2. The standard InChI is InChI=1S/C26H29F3N2O3/c1-17-9-13-19(14-10-17)31-23(33)24(2,3)21(30-31)8-6-7-18-11-15-20(16-12-18)34-25(4,5)22(32)26(27,28)29/h9-16H,6-8H2,1-5H3. The molecule has 8 heteroatoms. The topological polar surface area (TPSA) is 59.0 Å². The number of aryl methyl sites for hydroxylation is 2. The number of hydrogen-bond acceptors (Lipinski definition) is 4. The van der Waals surface area contributed by atoms with E-state index < -0.39 is 23.0 Å². The lowest BCUT2D eigenvalue weighted by atomic mass is 9.84. The van der Waals surface area contributed by atoms with Gasteiger partial charge in [-0.15, -0.1) is 0 Å². The predicted octanol–water partition coefficient (Wildman–Crippen LogP) is 6.04. The second kappa shape index (κ2) is 9.24. The fourth-order valence-electron chi connectivity index (χ4n) is 3.77. The molecule has 0 bridgehead atoms. The Bertz CT molecular complexity index is 1090. The summed E-state index contributed by atoms with van der Waals surface area (Å²) in [7, 11) is 0. The molecule has 0 radical (unpaired) electrons. The number of anilines is 1. The summed E-state index contributed by atoms with van der Waals surface area (Å²) in [5.74, 6) is -1.81. The van der Waals surface area contributed by atoms with Crippen molar-refractivity contribution in [2.45, 2.75) is 65.7 Å². The van der Waals surface area contributed by atoms with Crippen LogP contribution in [0.4, 0.5) is 18.9 Å². The summed E-state index contributed by atoms with van der Waals surface area (Å²) < 4.78 is 43.5. The molecule has 5 nitrogen and oxygen atoms in total. The van der Waals surface area contributed by atoms with Crippen LogP contribution in [0.3, 0.4) is 0 Å². The van der Waals surface area contributed by atoms with Crippen molar-refractivity contribution < 1.29 is 27.5 Å². The number of alkyl halides is 3. The number of hydrazone groups is 1. The van der Waals surface area contributed by atoms with Gasteiger partial charge in [-0.05, 0) is 83.7 Å². The zero-order valence-corrected chi connectivity index (χ0v) is 20.0. The maximum absolute atomic E-state index is 12.9. The molecular weight excluding hydrogens is 445 g/mol. The Hall–Kier alpha value is -3.16. The van der Waals surface area contributed by atoms with Crippen LogP contribution in [0.2, 0.25) is 0 Å². The van der Waals surface area contributed by atoms with Gasteiger partial charge in [0.2, 0.25) is 0 Å². The van der Waals surface area contributed by atoms with Gasteiger partial charge in [0.1, 0.15) is 5.75 Å². The minimum absolute atomic E-state index is 0.0659. The van der Waals surface area contributed by atoms with Gasteiger partial charge in [0.25, 0.3) is 11.7 Å². The first kappa shape index (κ1) is 25.5. The minimum Gasteiger partial charge on any atom is -0.480 e. The van der Waals surface area contributed by atoms with E-state index in [1.807, 2.05) is 45.0 Å². The average molecular weight is 475 g/mol. The van der Waals surface area contributed by atoms with Crippen LogP contribution >= 0.6 is 0 Å². The van der Waals surface area contributed by atoms with Gasteiger partial charge >= 0.3 is 6.18 Å². The summed E-state index contributed by atoms with van der Waals surface area (Å²) in [6.45, 7) is 7.93. The van der Waals surface area contributed by atoms with Crippen molar-refractivity contribution in [2.75, 3.05) is 5.01 Å². The molecular formula is C26H29F3N2O3. The summed E-state index contributed by atoms with van der Waals surface area (Å²) in [6, 6.07) is 14.3. The van der Waals surface area contributed by atoms with E-state index in [0.29, 0.717) is 12.8 Å². The summed E-state index contributed by atoms with van der Waals surface area (Å²) in [4.78, 5) is 24.5. The first-order valence-electron chi connectivity index (χ1n) is 11.1. The van der Waals surface area contributed by atoms with Crippen LogP contribution in [0.5, 0.6) is 5.75 Å². The van der Waals surface area contributed by atoms with E-state index in [-0.39, 0.29) is 11.7 Å². The van der Waals surface area contributed by atoms with Crippen LogP contribution in [0.15, 0.2) is 53.6 Å². The molecule has 0 aromatic heterocycles. The highest BCUT2D eigenvalue weighted by Crippen LogP contribution is 2.34. The van der Waals surface area contributed by atoms with Crippen LogP contribution in [0.1, 0.15) is 51.7 Å². The summed E-state index contributed by atoms with van der Waals surface area (Å²) >= 11 is 0. The molecule has 0 N–H and O–H groups in total. The smallest absolute Gasteiger partial charge is 0.454 e. The Morgan fingerprint density at radius 3 is 2.15 bits per heavy atom. The van der Waals surface area contributed by atoms with Crippen LogP contribution in [0.25, 0.3) is 0 Å². The molecule has 0 fully saturated rings. The van der Waals surface area contributed by atoms with Gasteiger partial charge in [0.05, 0.1) is 16.8 Å². The van der Waals surface area contributed by atoms with E-state index in [0.717, 1.165) is 42.8 Å². The fourth-order valence-corrected chi connectivity index (χ4v) is 3.77. The summed E-state index contributed by atoms with van der Waals surface area (Å²) in [5.41, 5.74) is 0.906. The molecule has 0 unspecified atom stereocenters. The largest absolute Gasteiger partial charge is 0.480 e. The van der Waals surface area contributed by atoms with Crippen LogP contribution in [-0.2, 0) is 16.0 Å². The highest BCUT2D eigenvalue weighted by molar-refractivity contribution is 6.18. The molecule has 3 rings (SSSR count). The number of hydrogen-bond donors (Lipinski definition) is 0. The minimum atomic E-state index is -4.96. The van der Waals surface area contributed by atoms with Gasteiger partial charge in [-0.3, -0.25) is 9.59 Å². The molecule has 2 aromatic carbocycles. The molecule has 182 valence electrons. The zero-order valence-electron chi connectivity index (χ0n) is 20.0. The average Bonchev–Trinajstić information content (AvgIpc) is 2.98. The number of ketones is 1. The molecule has 1 aliphatic heterocycles. The molecule has 1 aliphatic rings. The number of benzene rings is 2. The maximum atomic E-state index is 12.9. The molecule has 0 spiro atoms. The first-order chi connectivity index (χ1) is 15.7. The number of carbonyl (C=O) groups is 2. The van der Waals surface area contributed by atoms with Crippen molar-refractivity contribution in [1.29, 1.82) is 0 Å². The Morgan fingerprint density at radius 2 is 1.59 bits per heavy atom. The number of carbonyl (C=O) groups excluding carboxylic acids is 2. The van der Waals surface area contributed by atoms with Crippen molar-refractivity contribution >= 4 is 23.1 Å². The molecule has 34 heavy (non-hydrogen) atoms. The second-order valence-electron chi connectivity index (χ2n) is 9.56. The quantitative estimate of drug-likeness (QED) is 0.469. The van der Waals surface area contributed by atoms with Gasteiger partial charge in [-0.2, -0.15) is 18.3 Å². The lowest BCUT2D eigenvalue weighted by Crippen LogP contribution is -2.46. The Balaban J connectivity index is 1.60. The van der Waals surface area contributed by atoms with Crippen molar-refractivity contribution in [3.63, 3.8) is 0 Å². The molecule has 0 saturated carbocycles. The number of amides is 1. The van der Waals surface area contributed by atoms with Gasteiger partial charge in [-0.25, -0.2) is 5.01 Å². The Morgan fingerprint density at radius 1 is 1.00 bits per heavy atom. The third kappa shape index (κ3) is 5.48. The first-order valence-corrected chi connectivity index (χ1v) is 11.1. The van der Waals surface area contributed by atoms with Crippen molar-refractivity contribution in [3.8, 4) is 5.75 Å². The summed E-state index contributed by atoms with van der Waals surface area (Å²) in [6.07, 6.45) is -2.89. The van der Waals surface area contributed by atoms with Crippen molar-refractivity contribution in [1.82, 2.24) is 0 Å². The Kier molecular flexibility index (Phi) is 6.92. The van der Waals surface area contributed by atoms with Gasteiger partial charge < -0.3 is 4.74 Å². The van der Waals surface area contributed by atoms with Gasteiger partial charge in [0, 0.05) is 0 Å². The van der Waals surface area contributed by atoms with E-state index >= 15 is 0 Å². The number of ether oxygens (including phenoxy) is 1. The van der Waals surface area contributed by atoms with Gasteiger partial charge in [0.15, 0.2) is 5.60 Å². The van der Waals surface area contributed by atoms with Crippen LogP contribution in [-0.4, -0.2) is 29.2 Å². The third-order valence-electron chi connectivity index (χ3n) is 5.93. The maximum Gasteiger partial charge on any atom is 0.454 e. The molecule has 0 saturated heterocycles. The Labute approximate surface area is 197 Å². The second-order valence-corrected chi connectivity index (χ2v) is 9.56. The lowest BCUT2D eigenvalue weighted by molar-refractivity contribution is -0.184. The lowest BCUT2D eigenvalue weighted by Gasteiger charge is -2.25.